The van der Waals surface area contributed by atoms with E-state index in [4.69, 9.17) is 34.8 Å². The van der Waals surface area contributed by atoms with Crippen LogP contribution >= 0.6 is 46.1 Å². The maximum absolute atomic E-state index is 13.4. The Balaban J connectivity index is 1.75. The largest absolute Gasteiger partial charge is 0.337 e. The molecule has 0 aliphatic heterocycles. The molecule has 2 heterocycles. The van der Waals surface area contributed by atoms with E-state index in [9.17, 15) is 9.18 Å². The van der Waals surface area contributed by atoms with Crippen molar-refractivity contribution in [3.05, 3.63) is 85.9 Å². The Morgan fingerprint density at radius 3 is 2.59 bits per heavy atom. The number of benzene rings is 2. The minimum Gasteiger partial charge on any atom is -0.337 e. The summed E-state index contributed by atoms with van der Waals surface area (Å²) in [6.07, 6.45) is 3.40. The Bertz CT molecular complexity index is 1220. The quantitative estimate of drug-likeness (QED) is 0.384. The lowest BCUT2D eigenvalue weighted by Crippen LogP contribution is -2.30. The van der Waals surface area contributed by atoms with Crippen molar-refractivity contribution in [1.82, 2.24) is 14.9 Å². The molecule has 0 spiro atoms. The van der Waals surface area contributed by atoms with Gasteiger partial charge in [-0.15, -0.1) is 11.3 Å². The number of nitrogens with one attached hydrogen (secondary N) is 1. The Kier molecular flexibility index (Phi) is 5.53. The van der Waals surface area contributed by atoms with Gasteiger partial charge in [0.1, 0.15) is 22.6 Å². The summed E-state index contributed by atoms with van der Waals surface area (Å²) < 4.78 is 15.9. The number of imidazole rings is 1. The van der Waals surface area contributed by atoms with Crippen molar-refractivity contribution in [2.75, 3.05) is 0 Å². The summed E-state index contributed by atoms with van der Waals surface area (Å²) in [5, 5.41) is 4.65. The second-order valence-electron chi connectivity index (χ2n) is 6.36. The number of hydrogen-bond donors (Lipinski definition) is 1. The highest BCUT2D eigenvalue weighted by atomic mass is 35.5. The van der Waals surface area contributed by atoms with Crippen molar-refractivity contribution in [2.45, 2.75) is 6.04 Å². The van der Waals surface area contributed by atoms with Crippen LogP contribution in [0.3, 0.4) is 0 Å². The van der Waals surface area contributed by atoms with Crippen molar-refractivity contribution >= 4 is 62.1 Å². The Hall–Kier alpha value is -2.12. The fourth-order valence-corrected chi connectivity index (χ4v) is 5.34. The molecule has 2 aromatic carbocycles. The summed E-state index contributed by atoms with van der Waals surface area (Å²) in [6, 6.07) is 8.60. The van der Waals surface area contributed by atoms with Gasteiger partial charge in [-0.25, -0.2) is 9.37 Å². The van der Waals surface area contributed by atoms with Gasteiger partial charge in [0.15, 0.2) is 0 Å². The summed E-state index contributed by atoms with van der Waals surface area (Å²) in [7, 11) is 1.82. The number of rotatable bonds is 4. The molecule has 0 aliphatic carbocycles. The van der Waals surface area contributed by atoms with Crippen molar-refractivity contribution < 1.29 is 9.18 Å². The third-order valence-corrected chi connectivity index (χ3v) is 6.59. The van der Waals surface area contributed by atoms with E-state index in [0.717, 1.165) is 0 Å². The third-order valence-electron chi connectivity index (χ3n) is 4.45. The molecule has 4 aromatic rings. The number of carbonyl (C=O) groups is 1. The molecule has 1 unspecified atom stereocenters. The maximum atomic E-state index is 13.4. The molecule has 2 aromatic heterocycles. The first-order chi connectivity index (χ1) is 13.8. The molecule has 0 bridgehead atoms. The van der Waals surface area contributed by atoms with Gasteiger partial charge in [-0.1, -0.05) is 46.9 Å². The minimum absolute atomic E-state index is 0.266. The number of aryl methyl sites for hydroxylation is 1. The number of halogens is 4. The van der Waals surface area contributed by atoms with Gasteiger partial charge in [0, 0.05) is 34.6 Å². The molecule has 0 aliphatic rings. The average molecular weight is 469 g/mol. The van der Waals surface area contributed by atoms with Crippen molar-refractivity contribution in [3.8, 4) is 0 Å². The van der Waals surface area contributed by atoms with Gasteiger partial charge in [-0.3, -0.25) is 4.79 Å². The molecule has 9 heteroatoms. The Morgan fingerprint density at radius 2 is 1.93 bits per heavy atom. The van der Waals surface area contributed by atoms with Crippen LogP contribution in [0.5, 0.6) is 0 Å². The lowest BCUT2D eigenvalue weighted by molar-refractivity contribution is 0.0945. The second kappa shape index (κ2) is 7.95. The number of hydrogen-bond acceptors (Lipinski definition) is 3. The monoisotopic (exact) mass is 467 g/mol. The van der Waals surface area contributed by atoms with E-state index in [2.05, 4.69) is 10.3 Å². The zero-order valence-electron chi connectivity index (χ0n) is 14.9. The van der Waals surface area contributed by atoms with E-state index in [-0.39, 0.29) is 16.7 Å². The van der Waals surface area contributed by atoms with Gasteiger partial charge in [0.05, 0.1) is 10.0 Å². The highest BCUT2D eigenvalue weighted by molar-refractivity contribution is 7.21. The van der Waals surface area contributed by atoms with Gasteiger partial charge in [-0.05, 0) is 29.8 Å². The number of amides is 1. The zero-order valence-corrected chi connectivity index (χ0v) is 18.0. The Morgan fingerprint density at radius 1 is 1.21 bits per heavy atom. The molecule has 0 saturated heterocycles. The number of nitrogens with zero attached hydrogens (tertiary/aromatic N) is 2. The van der Waals surface area contributed by atoms with Gasteiger partial charge in [-0.2, -0.15) is 0 Å². The van der Waals surface area contributed by atoms with Crippen LogP contribution in [-0.2, 0) is 7.05 Å². The fraction of sp³-hybridized carbons (Fsp3) is 0.100. The van der Waals surface area contributed by atoms with E-state index >= 15 is 0 Å². The number of thiophene rings is 1. The molecule has 0 fully saturated rings. The normalized spacial score (nSPS) is 12.3. The molecule has 148 valence electrons. The molecule has 1 atom stereocenters. The van der Waals surface area contributed by atoms with Crippen LogP contribution < -0.4 is 5.32 Å². The third kappa shape index (κ3) is 3.85. The SMILES string of the molecule is Cn1ccnc1C(NC(=O)c1sc2cc(Cl)cc(Cl)c2c1Cl)c1ccc(F)cc1. The van der Waals surface area contributed by atoms with Gasteiger partial charge in [0.25, 0.3) is 5.91 Å². The summed E-state index contributed by atoms with van der Waals surface area (Å²) >= 11 is 20.0. The number of fused-ring (bicyclic) bond motifs is 1. The van der Waals surface area contributed by atoms with Crippen molar-refractivity contribution in [1.29, 1.82) is 0 Å². The van der Waals surface area contributed by atoms with Crippen LogP contribution in [0.15, 0.2) is 48.8 Å². The lowest BCUT2D eigenvalue weighted by Gasteiger charge is -2.19. The first-order valence-electron chi connectivity index (χ1n) is 8.45. The number of carbonyl (C=O) groups excluding carboxylic acids is 1. The topological polar surface area (TPSA) is 46.9 Å². The fourth-order valence-electron chi connectivity index (χ4n) is 3.06. The van der Waals surface area contributed by atoms with Crippen LogP contribution in [0.2, 0.25) is 15.1 Å². The zero-order chi connectivity index (χ0) is 20.7. The van der Waals surface area contributed by atoms with Crippen LogP contribution in [0.25, 0.3) is 10.1 Å². The van der Waals surface area contributed by atoms with Crippen molar-refractivity contribution in [2.24, 2.45) is 7.05 Å². The lowest BCUT2D eigenvalue weighted by atomic mass is 10.1. The Labute approximate surface area is 184 Å². The van der Waals surface area contributed by atoms with Crippen molar-refractivity contribution in [3.63, 3.8) is 0 Å². The molecular weight excluding hydrogens is 456 g/mol. The summed E-state index contributed by atoms with van der Waals surface area (Å²) in [6.45, 7) is 0. The smallest absolute Gasteiger partial charge is 0.263 e. The predicted octanol–water partition coefficient (Wildman–Crippen LogP) is 6.25. The first kappa shape index (κ1) is 20.2. The van der Waals surface area contributed by atoms with Crippen LogP contribution in [0.1, 0.15) is 27.1 Å². The minimum atomic E-state index is -0.594. The molecule has 4 rings (SSSR count). The van der Waals surface area contributed by atoms with E-state index in [1.807, 2.05) is 7.05 Å². The van der Waals surface area contributed by atoms with Crippen LogP contribution in [-0.4, -0.2) is 15.5 Å². The van der Waals surface area contributed by atoms with E-state index < -0.39 is 6.04 Å². The molecule has 0 radical (unpaired) electrons. The van der Waals surface area contributed by atoms with E-state index in [1.165, 1.54) is 23.5 Å². The summed E-state index contributed by atoms with van der Waals surface area (Å²) in [4.78, 5) is 17.8. The molecular formula is C20H13Cl3FN3OS. The molecule has 29 heavy (non-hydrogen) atoms. The van der Waals surface area contributed by atoms with Gasteiger partial charge >= 0.3 is 0 Å². The second-order valence-corrected chi connectivity index (χ2v) is 8.63. The van der Waals surface area contributed by atoms with Crippen LogP contribution in [0, 0.1) is 5.82 Å². The highest BCUT2D eigenvalue weighted by Gasteiger charge is 2.25. The highest BCUT2D eigenvalue weighted by Crippen LogP contribution is 2.41. The van der Waals surface area contributed by atoms with Gasteiger partial charge in [0.2, 0.25) is 0 Å². The van der Waals surface area contributed by atoms with Crippen LogP contribution in [0.4, 0.5) is 4.39 Å². The standard InChI is InChI=1S/C20H13Cl3FN3OS/c1-27-7-6-25-19(27)17(10-2-4-12(24)5-3-10)26-20(28)18-16(23)15-13(22)8-11(21)9-14(15)29-18/h2-9,17H,1H3,(H,26,28). The predicted molar refractivity (Wildman–Crippen MR) is 116 cm³/mol. The average Bonchev–Trinajstić information content (AvgIpc) is 3.23. The van der Waals surface area contributed by atoms with E-state index in [1.54, 1.807) is 41.2 Å². The summed E-state index contributed by atoms with van der Waals surface area (Å²) in [5.74, 6) is -0.151. The molecule has 1 amide bonds. The molecule has 4 nitrogen and oxygen atoms in total. The molecule has 1 N–H and O–H groups in total. The van der Waals surface area contributed by atoms with E-state index in [0.29, 0.717) is 36.4 Å². The first-order valence-corrected chi connectivity index (χ1v) is 10.4. The van der Waals surface area contributed by atoms with Gasteiger partial charge < -0.3 is 9.88 Å². The molecule has 0 saturated carbocycles. The number of aromatic nitrogens is 2. The summed E-state index contributed by atoms with van der Waals surface area (Å²) in [5.41, 5.74) is 0.687. The maximum Gasteiger partial charge on any atom is 0.263 e.